The van der Waals surface area contributed by atoms with Gasteiger partial charge in [-0.2, -0.15) is 13.2 Å². The summed E-state index contributed by atoms with van der Waals surface area (Å²) in [5.41, 5.74) is -2.47. The molecule has 0 radical (unpaired) electrons. The zero-order valence-corrected chi connectivity index (χ0v) is 20.9. The van der Waals surface area contributed by atoms with Crippen LogP contribution in [0.3, 0.4) is 0 Å². The fourth-order valence-corrected chi connectivity index (χ4v) is 4.35. The van der Waals surface area contributed by atoms with Crippen molar-refractivity contribution >= 4 is 11.0 Å². The van der Waals surface area contributed by atoms with Crippen molar-refractivity contribution in [1.29, 1.82) is 0 Å². The molecule has 39 heavy (non-hydrogen) atoms. The lowest BCUT2D eigenvalue weighted by atomic mass is 10.0. The molecule has 0 bridgehead atoms. The van der Waals surface area contributed by atoms with E-state index in [-0.39, 0.29) is 35.7 Å². The third kappa shape index (κ3) is 5.99. The lowest BCUT2D eigenvalue weighted by Gasteiger charge is -2.15. The average molecular weight is 552 g/mol. The molecule has 0 saturated carbocycles. The van der Waals surface area contributed by atoms with Crippen LogP contribution in [0.4, 0.5) is 22.0 Å². The number of rotatable bonds is 10. The number of imidazole rings is 1. The molecule has 4 aromatic rings. The van der Waals surface area contributed by atoms with E-state index in [4.69, 9.17) is 9.15 Å². The largest absolute Gasteiger partial charge is 0.493 e. The number of aromatic hydroxyl groups is 1. The van der Waals surface area contributed by atoms with Crippen LogP contribution >= 0.6 is 0 Å². The van der Waals surface area contributed by atoms with Gasteiger partial charge in [-0.15, -0.1) is 0 Å². The van der Waals surface area contributed by atoms with Gasteiger partial charge in [0.15, 0.2) is 11.6 Å². The number of benzene rings is 2. The summed E-state index contributed by atoms with van der Waals surface area (Å²) < 4.78 is 80.2. The molecular formula is C27H25F5N2O5. The predicted molar refractivity (Wildman–Crippen MR) is 132 cm³/mol. The molecule has 0 unspecified atom stereocenters. The van der Waals surface area contributed by atoms with E-state index in [1.54, 1.807) is 0 Å². The normalized spacial score (nSPS) is 11.8. The highest BCUT2D eigenvalue weighted by Crippen LogP contribution is 2.37. The number of aryl methyl sites for hydroxylation is 1. The van der Waals surface area contributed by atoms with E-state index in [1.165, 1.54) is 18.2 Å². The van der Waals surface area contributed by atoms with Crippen LogP contribution in [0.15, 0.2) is 56.6 Å². The quantitative estimate of drug-likeness (QED) is 0.149. The highest BCUT2D eigenvalue weighted by atomic mass is 19.4. The van der Waals surface area contributed by atoms with Crippen LogP contribution in [0.1, 0.15) is 43.7 Å². The molecule has 12 heteroatoms. The molecule has 1 N–H and O–H groups in total. The number of halogens is 5. The first kappa shape index (κ1) is 27.9. The van der Waals surface area contributed by atoms with Gasteiger partial charge >= 0.3 is 17.5 Å². The van der Waals surface area contributed by atoms with Crippen molar-refractivity contribution < 1.29 is 36.2 Å². The first-order valence-corrected chi connectivity index (χ1v) is 12.3. The van der Waals surface area contributed by atoms with Gasteiger partial charge in [0.2, 0.25) is 5.88 Å². The van der Waals surface area contributed by atoms with Crippen LogP contribution < -0.4 is 16.1 Å². The van der Waals surface area contributed by atoms with Gasteiger partial charge < -0.3 is 14.3 Å². The molecule has 0 aliphatic heterocycles. The Morgan fingerprint density at radius 3 is 2.46 bits per heavy atom. The number of fused-ring (bicyclic) bond motifs is 1. The number of nitrogens with zero attached hydrogens (tertiary/aromatic N) is 2. The van der Waals surface area contributed by atoms with Crippen molar-refractivity contribution in [3.63, 3.8) is 0 Å². The van der Waals surface area contributed by atoms with Crippen molar-refractivity contribution in [1.82, 2.24) is 9.13 Å². The summed E-state index contributed by atoms with van der Waals surface area (Å²) in [6.45, 7) is 2.21. The molecule has 2 aromatic heterocycles. The van der Waals surface area contributed by atoms with Crippen molar-refractivity contribution in [2.75, 3.05) is 6.61 Å². The lowest BCUT2D eigenvalue weighted by molar-refractivity contribution is -0.136. The molecular weight excluding hydrogens is 527 g/mol. The second kappa shape index (κ2) is 11.3. The van der Waals surface area contributed by atoms with Gasteiger partial charge in [0.1, 0.15) is 11.3 Å². The van der Waals surface area contributed by atoms with Gasteiger partial charge in [0.25, 0.3) is 0 Å². The van der Waals surface area contributed by atoms with E-state index in [1.807, 2.05) is 6.92 Å². The summed E-state index contributed by atoms with van der Waals surface area (Å²) >= 11 is 0. The number of unbranched alkanes of at least 4 members (excludes halogenated alkanes) is 2. The molecule has 208 valence electrons. The van der Waals surface area contributed by atoms with E-state index in [9.17, 15) is 36.6 Å². The fraction of sp³-hybridized carbons (Fsp3) is 0.333. The van der Waals surface area contributed by atoms with Crippen molar-refractivity contribution in [3.05, 3.63) is 86.3 Å². The number of hydrogen-bond acceptors (Lipinski definition) is 5. The topological polar surface area (TPSA) is 86.6 Å². The van der Waals surface area contributed by atoms with Crippen LogP contribution in [0.5, 0.6) is 11.6 Å². The average Bonchev–Trinajstić information content (AvgIpc) is 3.16. The molecule has 0 aliphatic carbocycles. The standard InChI is InChI=1S/C27H25F5N2O5/c1-2-6-18-22(10-8-17-19(27(30,31)32)14-24(36)39-25(17)18)38-12-5-3-4-11-33-23(35)15-34(26(33)37)16-7-9-20(28)21(29)13-16/h7-10,13-15,35H,2-6,11-12H2,1H3. The van der Waals surface area contributed by atoms with Gasteiger partial charge in [-0.25, -0.2) is 18.4 Å². The maximum Gasteiger partial charge on any atom is 0.417 e. The summed E-state index contributed by atoms with van der Waals surface area (Å²) in [6, 6.07) is 6.05. The van der Waals surface area contributed by atoms with Crippen molar-refractivity contribution in [2.45, 2.75) is 51.7 Å². The Kier molecular flexibility index (Phi) is 8.12. The smallest absolute Gasteiger partial charge is 0.417 e. The Morgan fingerprint density at radius 2 is 1.77 bits per heavy atom. The van der Waals surface area contributed by atoms with Gasteiger partial charge in [-0.05, 0) is 49.9 Å². The number of hydrogen-bond donors (Lipinski definition) is 1. The number of ether oxygens (including phenoxy) is 1. The summed E-state index contributed by atoms with van der Waals surface area (Å²) in [7, 11) is 0. The minimum Gasteiger partial charge on any atom is -0.493 e. The molecule has 0 atom stereocenters. The minimum absolute atomic E-state index is 0.0674. The van der Waals surface area contributed by atoms with Crippen LogP contribution in [0.2, 0.25) is 0 Å². The van der Waals surface area contributed by atoms with Gasteiger partial charge in [0, 0.05) is 29.6 Å². The highest BCUT2D eigenvalue weighted by molar-refractivity contribution is 5.85. The molecule has 7 nitrogen and oxygen atoms in total. The fourth-order valence-electron chi connectivity index (χ4n) is 4.35. The molecule has 4 rings (SSSR count). The van der Waals surface area contributed by atoms with E-state index in [2.05, 4.69) is 0 Å². The van der Waals surface area contributed by atoms with Crippen LogP contribution in [-0.2, 0) is 19.1 Å². The molecule has 0 saturated heterocycles. The van der Waals surface area contributed by atoms with Gasteiger partial charge in [-0.1, -0.05) is 13.3 Å². The van der Waals surface area contributed by atoms with Gasteiger partial charge in [-0.3, -0.25) is 9.13 Å². The highest BCUT2D eigenvalue weighted by Gasteiger charge is 2.34. The minimum atomic E-state index is -4.72. The Hall–Kier alpha value is -4.09. The van der Waals surface area contributed by atoms with E-state index in [0.29, 0.717) is 49.5 Å². The first-order valence-electron chi connectivity index (χ1n) is 12.3. The maximum atomic E-state index is 13.5. The predicted octanol–water partition coefficient (Wildman–Crippen LogP) is 5.95. The second-order valence-corrected chi connectivity index (χ2v) is 8.94. The monoisotopic (exact) mass is 552 g/mol. The van der Waals surface area contributed by atoms with Crippen molar-refractivity contribution in [2.24, 2.45) is 0 Å². The molecule has 0 aliphatic rings. The van der Waals surface area contributed by atoms with E-state index in [0.717, 1.165) is 27.5 Å². The Bertz CT molecular complexity index is 1600. The Labute approximate surface area is 218 Å². The molecule has 2 aromatic carbocycles. The maximum absolute atomic E-state index is 13.5. The van der Waals surface area contributed by atoms with Crippen LogP contribution in [-0.4, -0.2) is 20.8 Å². The van der Waals surface area contributed by atoms with E-state index < -0.39 is 34.7 Å². The summed E-state index contributed by atoms with van der Waals surface area (Å²) in [4.78, 5) is 24.5. The third-order valence-electron chi connectivity index (χ3n) is 6.20. The third-order valence-corrected chi connectivity index (χ3v) is 6.20. The SMILES string of the molecule is CCCc1c(OCCCCCn2c(O)cn(-c3ccc(F)c(F)c3)c2=O)ccc2c(C(F)(F)F)cc(=O)oc12. The zero-order valence-electron chi connectivity index (χ0n) is 20.9. The van der Waals surface area contributed by atoms with Crippen LogP contribution in [0.25, 0.3) is 16.7 Å². The molecule has 2 heterocycles. The molecule has 0 spiro atoms. The molecule has 0 fully saturated rings. The number of aromatic nitrogens is 2. The van der Waals surface area contributed by atoms with Crippen molar-refractivity contribution in [3.8, 4) is 17.3 Å². The zero-order chi connectivity index (χ0) is 28.3. The van der Waals surface area contributed by atoms with E-state index >= 15 is 0 Å². The molecule has 0 amide bonds. The summed E-state index contributed by atoms with van der Waals surface area (Å²) in [5.74, 6) is -2.19. The summed E-state index contributed by atoms with van der Waals surface area (Å²) in [5, 5.41) is 9.94. The van der Waals surface area contributed by atoms with Gasteiger partial charge in [0.05, 0.1) is 24.1 Å². The van der Waals surface area contributed by atoms with Crippen LogP contribution in [0, 0.1) is 11.6 Å². The lowest BCUT2D eigenvalue weighted by Crippen LogP contribution is -2.23. The summed E-state index contributed by atoms with van der Waals surface area (Å²) in [6.07, 6.45) is -1.10. The number of alkyl halides is 3. The second-order valence-electron chi connectivity index (χ2n) is 8.94. The Balaban J connectivity index is 1.40. The Morgan fingerprint density at radius 1 is 1.00 bits per heavy atom. The first-order chi connectivity index (χ1) is 18.5.